The van der Waals surface area contributed by atoms with E-state index >= 15 is 0 Å². The van der Waals surface area contributed by atoms with Crippen LogP contribution >= 0.6 is 0 Å². The molecule has 2 aliphatic rings. The molecule has 2 unspecified atom stereocenters. The van der Waals surface area contributed by atoms with Gasteiger partial charge in [0, 0.05) is 30.6 Å². The number of hydrogen-bond acceptors (Lipinski definition) is 7. The third-order valence-electron chi connectivity index (χ3n) is 6.06. The number of hydrogen-bond donors (Lipinski definition) is 1. The second-order valence-corrected chi connectivity index (χ2v) is 7.84. The summed E-state index contributed by atoms with van der Waals surface area (Å²) in [4.78, 5) is 14.3. The summed E-state index contributed by atoms with van der Waals surface area (Å²) >= 11 is 0. The first kappa shape index (κ1) is 16.7. The van der Waals surface area contributed by atoms with E-state index in [9.17, 15) is 0 Å². The number of benzene rings is 1. The summed E-state index contributed by atoms with van der Waals surface area (Å²) in [5.41, 5.74) is 8.74. The topological polar surface area (TPSA) is 84.8 Å². The van der Waals surface area contributed by atoms with Gasteiger partial charge in [0.1, 0.15) is 11.3 Å². The first-order valence-electron chi connectivity index (χ1n) is 9.47. The fourth-order valence-electron chi connectivity index (χ4n) is 4.63. The lowest BCUT2D eigenvalue weighted by molar-refractivity contribution is 0.0820. The number of nitrogen functional groups attached to an aromatic ring is 1. The minimum absolute atomic E-state index is 0.330. The number of methoxy groups -OCH3 is 1. The zero-order chi connectivity index (χ0) is 18.7. The average molecular weight is 367 g/mol. The van der Waals surface area contributed by atoms with Gasteiger partial charge < -0.3 is 10.5 Å². The molecule has 0 aliphatic carbocycles. The quantitative estimate of drug-likeness (QED) is 0.750. The van der Waals surface area contributed by atoms with Gasteiger partial charge in [0.2, 0.25) is 5.95 Å². The molecule has 2 fully saturated rings. The molecule has 142 valence electrons. The number of piperazine rings is 1. The van der Waals surface area contributed by atoms with Crippen LogP contribution in [-0.2, 0) is 6.54 Å². The van der Waals surface area contributed by atoms with Gasteiger partial charge in [0.15, 0.2) is 11.5 Å². The number of anilines is 1. The maximum absolute atomic E-state index is 6.18. The number of nitrogens with two attached hydrogens (primary N) is 1. The van der Waals surface area contributed by atoms with E-state index in [1.165, 1.54) is 12.8 Å². The Morgan fingerprint density at radius 2 is 1.93 bits per heavy atom. The van der Waals surface area contributed by atoms with Crippen molar-refractivity contribution in [1.29, 1.82) is 0 Å². The number of likely N-dealkylation sites (tertiary alicyclic amines) is 1. The molecule has 3 aromatic rings. The highest BCUT2D eigenvalue weighted by Gasteiger charge is 2.37. The summed E-state index contributed by atoms with van der Waals surface area (Å²) in [6.45, 7) is 4.92. The number of rotatable bonds is 3. The third-order valence-corrected chi connectivity index (χ3v) is 6.06. The average Bonchev–Trinajstić information content (AvgIpc) is 3.13. The lowest BCUT2D eigenvalue weighted by Crippen LogP contribution is -2.51. The molecule has 2 atom stereocenters. The number of ether oxygens (including phenoxy) is 1. The molecule has 8 heteroatoms. The zero-order valence-corrected chi connectivity index (χ0v) is 16.0. The minimum atomic E-state index is 0.330. The summed E-state index contributed by atoms with van der Waals surface area (Å²) in [5.74, 6) is 1.83. The van der Waals surface area contributed by atoms with E-state index in [1.807, 2.05) is 13.0 Å². The first-order chi connectivity index (χ1) is 13.0. The van der Waals surface area contributed by atoms with Crippen molar-refractivity contribution in [2.75, 3.05) is 33.0 Å². The lowest BCUT2D eigenvalue weighted by Gasteiger charge is -2.38. The molecule has 27 heavy (non-hydrogen) atoms. The van der Waals surface area contributed by atoms with Gasteiger partial charge in [0.25, 0.3) is 0 Å². The SMILES string of the molecule is COc1cc(C)cc2c1nc(N)n1nc(CN3CC4CCC(C3)N4C)nc21. The summed E-state index contributed by atoms with van der Waals surface area (Å²) in [5, 5.41) is 5.57. The summed E-state index contributed by atoms with van der Waals surface area (Å²) < 4.78 is 7.15. The van der Waals surface area contributed by atoms with Gasteiger partial charge in [0.05, 0.1) is 13.7 Å². The smallest absolute Gasteiger partial charge is 0.223 e. The molecule has 2 bridgehead atoms. The van der Waals surface area contributed by atoms with Crippen LogP contribution in [0.15, 0.2) is 12.1 Å². The van der Waals surface area contributed by atoms with Crippen LogP contribution in [0, 0.1) is 6.92 Å². The van der Waals surface area contributed by atoms with Crippen LogP contribution in [-0.4, -0.2) is 68.7 Å². The molecule has 4 heterocycles. The van der Waals surface area contributed by atoms with Crippen molar-refractivity contribution < 1.29 is 4.74 Å². The van der Waals surface area contributed by atoms with E-state index in [-0.39, 0.29) is 0 Å². The van der Waals surface area contributed by atoms with Gasteiger partial charge in [-0.3, -0.25) is 9.80 Å². The van der Waals surface area contributed by atoms with Crippen LogP contribution in [0.5, 0.6) is 5.75 Å². The van der Waals surface area contributed by atoms with Crippen LogP contribution in [0.3, 0.4) is 0 Å². The molecule has 2 aliphatic heterocycles. The Kier molecular flexibility index (Phi) is 3.73. The van der Waals surface area contributed by atoms with Crippen molar-refractivity contribution in [3.63, 3.8) is 0 Å². The monoisotopic (exact) mass is 367 g/mol. The predicted molar refractivity (Wildman–Crippen MR) is 104 cm³/mol. The Hall–Kier alpha value is -2.45. The zero-order valence-electron chi connectivity index (χ0n) is 16.0. The molecule has 2 N–H and O–H groups in total. The summed E-state index contributed by atoms with van der Waals surface area (Å²) in [6.07, 6.45) is 2.58. The van der Waals surface area contributed by atoms with Gasteiger partial charge in [-0.1, -0.05) is 0 Å². The van der Waals surface area contributed by atoms with Gasteiger partial charge in [-0.15, -0.1) is 5.10 Å². The Labute approximate surface area is 157 Å². The minimum Gasteiger partial charge on any atom is -0.494 e. The Bertz CT molecular complexity index is 1020. The Morgan fingerprint density at radius 1 is 1.19 bits per heavy atom. The Balaban J connectivity index is 1.54. The first-order valence-corrected chi connectivity index (χ1v) is 9.47. The van der Waals surface area contributed by atoms with Crippen molar-refractivity contribution >= 4 is 22.5 Å². The van der Waals surface area contributed by atoms with Crippen LogP contribution in [0.25, 0.3) is 16.6 Å². The second kappa shape index (κ2) is 6.03. The number of fused-ring (bicyclic) bond motifs is 5. The van der Waals surface area contributed by atoms with E-state index < -0.39 is 0 Å². The standard InChI is InChI=1S/C19H25N7O/c1-11-6-14-17(15(7-11)27-3)22-19(20)26-18(14)21-16(23-26)10-25-8-12-4-5-13(9-25)24(12)2/h6-7,12-13H,4-5,8-10H2,1-3H3,(H2,20,22). The number of nitrogens with zero attached hydrogens (tertiary/aromatic N) is 6. The van der Waals surface area contributed by atoms with Crippen molar-refractivity contribution in [1.82, 2.24) is 29.4 Å². The fourth-order valence-corrected chi connectivity index (χ4v) is 4.63. The molecule has 0 amide bonds. The normalized spacial score (nSPS) is 23.5. The molecule has 0 spiro atoms. The van der Waals surface area contributed by atoms with Crippen molar-refractivity contribution in [3.05, 3.63) is 23.5 Å². The molecule has 8 nitrogen and oxygen atoms in total. The molecule has 2 saturated heterocycles. The lowest BCUT2D eigenvalue weighted by atomic mass is 10.1. The van der Waals surface area contributed by atoms with E-state index in [1.54, 1.807) is 11.6 Å². The molecule has 2 aromatic heterocycles. The van der Waals surface area contributed by atoms with Crippen LogP contribution < -0.4 is 10.5 Å². The number of aromatic nitrogens is 4. The van der Waals surface area contributed by atoms with E-state index in [0.717, 1.165) is 47.6 Å². The van der Waals surface area contributed by atoms with Gasteiger partial charge in [-0.2, -0.15) is 4.52 Å². The highest BCUT2D eigenvalue weighted by Crippen LogP contribution is 2.31. The van der Waals surface area contributed by atoms with Crippen LogP contribution in [0.4, 0.5) is 5.95 Å². The second-order valence-electron chi connectivity index (χ2n) is 7.84. The van der Waals surface area contributed by atoms with Gasteiger partial charge in [-0.25, -0.2) is 9.97 Å². The van der Waals surface area contributed by atoms with Crippen LogP contribution in [0.2, 0.25) is 0 Å². The predicted octanol–water partition coefficient (Wildman–Crippen LogP) is 1.46. The molecule has 1 aromatic carbocycles. The van der Waals surface area contributed by atoms with Gasteiger partial charge >= 0.3 is 0 Å². The van der Waals surface area contributed by atoms with Crippen LogP contribution in [0.1, 0.15) is 24.2 Å². The largest absolute Gasteiger partial charge is 0.494 e. The van der Waals surface area contributed by atoms with Gasteiger partial charge in [-0.05, 0) is 44.5 Å². The third kappa shape index (κ3) is 2.62. The summed E-state index contributed by atoms with van der Waals surface area (Å²) in [6, 6.07) is 5.33. The van der Waals surface area contributed by atoms with Crippen molar-refractivity contribution in [2.45, 2.75) is 38.4 Å². The highest BCUT2D eigenvalue weighted by atomic mass is 16.5. The van der Waals surface area contributed by atoms with E-state index in [2.05, 4.69) is 33.0 Å². The molecule has 0 saturated carbocycles. The molecular weight excluding hydrogens is 342 g/mol. The number of aryl methyl sites for hydroxylation is 1. The molecule has 5 rings (SSSR count). The summed E-state index contributed by atoms with van der Waals surface area (Å²) in [7, 11) is 3.89. The highest BCUT2D eigenvalue weighted by molar-refractivity contribution is 5.96. The fraction of sp³-hybridized carbons (Fsp3) is 0.526. The number of likely N-dealkylation sites (N-methyl/N-ethyl adjacent to an activating group) is 1. The van der Waals surface area contributed by atoms with Crippen molar-refractivity contribution in [3.8, 4) is 5.75 Å². The Morgan fingerprint density at radius 3 is 2.63 bits per heavy atom. The maximum Gasteiger partial charge on any atom is 0.223 e. The molecule has 0 radical (unpaired) electrons. The maximum atomic E-state index is 6.18. The van der Waals surface area contributed by atoms with E-state index in [4.69, 9.17) is 15.5 Å². The van der Waals surface area contributed by atoms with Crippen molar-refractivity contribution in [2.24, 2.45) is 0 Å². The molecular formula is C19H25N7O. The van der Waals surface area contributed by atoms with E-state index in [0.29, 0.717) is 23.8 Å².